The Bertz CT molecular complexity index is 440. The van der Waals surface area contributed by atoms with Crippen LogP contribution in [0.25, 0.3) is 0 Å². The first-order chi connectivity index (χ1) is 9.64. The second-order valence-corrected chi connectivity index (χ2v) is 6.63. The van der Waals surface area contributed by atoms with Crippen LogP contribution in [0.15, 0.2) is 0 Å². The fourth-order valence-electron chi connectivity index (χ4n) is 2.35. The van der Waals surface area contributed by atoms with Crippen molar-refractivity contribution in [3.8, 4) is 0 Å². The van der Waals surface area contributed by atoms with Gasteiger partial charge in [-0.2, -0.15) is 0 Å². The summed E-state index contributed by atoms with van der Waals surface area (Å²) in [7, 11) is 0. The van der Waals surface area contributed by atoms with Crippen LogP contribution in [0.3, 0.4) is 0 Å². The van der Waals surface area contributed by atoms with Crippen LogP contribution in [-0.2, 0) is 14.4 Å². The summed E-state index contributed by atoms with van der Waals surface area (Å²) in [5.74, 6) is -2.72. The molecule has 120 valence electrons. The van der Waals surface area contributed by atoms with Crippen LogP contribution in [0.2, 0.25) is 0 Å². The van der Waals surface area contributed by atoms with Crippen LogP contribution in [0, 0.1) is 11.8 Å². The number of hydrogen-bond acceptors (Lipinski definition) is 6. The minimum Gasteiger partial charge on any atom is -0.481 e. The van der Waals surface area contributed by atoms with Gasteiger partial charge in [-0.15, -0.1) is 0 Å². The average Bonchev–Trinajstić information content (AvgIpc) is 2.62. The van der Waals surface area contributed by atoms with E-state index in [1.165, 1.54) is 6.92 Å². The number of rotatable bonds is 6. The Labute approximate surface area is 127 Å². The van der Waals surface area contributed by atoms with Crippen molar-refractivity contribution in [3.63, 3.8) is 0 Å². The van der Waals surface area contributed by atoms with Crippen molar-refractivity contribution in [1.82, 2.24) is 5.32 Å². The maximum absolute atomic E-state index is 12.4. The normalized spacial score (nSPS) is 30.3. The van der Waals surface area contributed by atoms with E-state index in [0.717, 1.165) is 0 Å². The number of nitrogens with one attached hydrogen (secondary N) is 1. The molecule has 1 fully saturated rings. The first kappa shape index (κ1) is 17.9. The van der Waals surface area contributed by atoms with Crippen molar-refractivity contribution < 1.29 is 29.7 Å². The lowest BCUT2D eigenvalue weighted by Gasteiger charge is -2.37. The van der Waals surface area contributed by atoms with Crippen LogP contribution < -0.4 is 5.32 Å². The van der Waals surface area contributed by atoms with Gasteiger partial charge in [-0.25, -0.2) is 0 Å². The van der Waals surface area contributed by atoms with Crippen LogP contribution in [-0.4, -0.2) is 55.8 Å². The number of aliphatic hydroxyl groups excluding tert-OH is 2. The molecular formula is C13H21NO6S. The number of amides is 1. The van der Waals surface area contributed by atoms with Gasteiger partial charge in [0.1, 0.15) is 0 Å². The van der Waals surface area contributed by atoms with E-state index in [2.05, 4.69) is 5.32 Å². The number of carbonyl (C=O) groups is 3. The predicted octanol–water partition coefficient (Wildman–Crippen LogP) is -0.397. The molecule has 0 aromatic carbocycles. The number of carboxylic acid groups (broad SMARTS) is 1. The van der Waals surface area contributed by atoms with E-state index in [1.807, 2.05) is 0 Å². The SMILES string of the molecule is CC(C)[C@H](O)[C@@]1(C(=O)SCCC(=O)O)NC(=O)[C@H](C)[C@@H]1O. The highest BCUT2D eigenvalue weighted by molar-refractivity contribution is 8.13. The molecule has 0 saturated carbocycles. The summed E-state index contributed by atoms with van der Waals surface area (Å²) in [5.41, 5.74) is -1.78. The molecule has 1 aliphatic heterocycles. The topological polar surface area (TPSA) is 124 Å². The Hall–Kier alpha value is -1.12. The number of aliphatic carboxylic acids is 1. The van der Waals surface area contributed by atoms with Crippen molar-refractivity contribution in [2.24, 2.45) is 11.8 Å². The summed E-state index contributed by atoms with van der Waals surface area (Å²) < 4.78 is 0. The molecule has 0 aromatic heterocycles. The monoisotopic (exact) mass is 319 g/mol. The Balaban J connectivity index is 3.01. The van der Waals surface area contributed by atoms with Crippen molar-refractivity contribution >= 4 is 28.8 Å². The summed E-state index contributed by atoms with van der Waals surface area (Å²) in [6.07, 6.45) is -2.83. The highest BCUT2D eigenvalue weighted by Gasteiger charge is 2.60. The minimum atomic E-state index is -1.78. The van der Waals surface area contributed by atoms with Gasteiger partial charge in [0, 0.05) is 5.75 Å². The van der Waals surface area contributed by atoms with E-state index in [-0.39, 0.29) is 18.1 Å². The molecule has 4 N–H and O–H groups in total. The maximum Gasteiger partial charge on any atom is 0.304 e. The van der Waals surface area contributed by atoms with E-state index in [0.29, 0.717) is 11.8 Å². The Morgan fingerprint density at radius 2 is 2.00 bits per heavy atom. The third-order valence-electron chi connectivity index (χ3n) is 3.67. The first-order valence-electron chi connectivity index (χ1n) is 6.71. The molecule has 21 heavy (non-hydrogen) atoms. The van der Waals surface area contributed by atoms with Crippen LogP contribution in [0.1, 0.15) is 27.2 Å². The molecule has 1 amide bonds. The van der Waals surface area contributed by atoms with E-state index in [9.17, 15) is 24.6 Å². The highest BCUT2D eigenvalue weighted by atomic mass is 32.2. The average molecular weight is 319 g/mol. The fraction of sp³-hybridized carbons (Fsp3) is 0.769. The van der Waals surface area contributed by atoms with Gasteiger partial charge < -0.3 is 20.6 Å². The molecule has 7 nitrogen and oxygen atoms in total. The van der Waals surface area contributed by atoms with Crippen LogP contribution >= 0.6 is 11.8 Å². The summed E-state index contributed by atoms with van der Waals surface area (Å²) in [6.45, 7) is 4.82. The number of carboxylic acids is 1. The second kappa shape index (κ2) is 6.76. The number of hydrogen-bond donors (Lipinski definition) is 4. The largest absolute Gasteiger partial charge is 0.481 e. The van der Waals surface area contributed by atoms with Gasteiger partial charge in [0.2, 0.25) is 11.0 Å². The molecule has 1 aliphatic rings. The van der Waals surface area contributed by atoms with Gasteiger partial charge in [-0.1, -0.05) is 32.5 Å². The third kappa shape index (κ3) is 3.38. The molecule has 0 spiro atoms. The Kier molecular flexibility index (Phi) is 5.77. The summed E-state index contributed by atoms with van der Waals surface area (Å²) in [4.78, 5) is 34.7. The zero-order chi connectivity index (χ0) is 16.4. The summed E-state index contributed by atoms with van der Waals surface area (Å²) >= 11 is 0.700. The summed E-state index contributed by atoms with van der Waals surface area (Å²) in [6, 6.07) is 0. The Morgan fingerprint density at radius 1 is 1.43 bits per heavy atom. The molecule has 0 unspecified atom stereocenters. The molecule has 8 heteroatoms. The standard InChI is InChI=1S/C13H21NO6S/c1-6(2)9(17)13(10(18)7(3)11(19)14-13)12(20)21-5-4-8(15)16/h6-7,9-10,17-18H,4-5H2,1-3H3,(H,14,19)(H,15,16)/t7-,9+,10+,13-/m1/s1. The molecule has 0 radical (unpaired) electrons. The van der Waals surface area contributed by atoms with E-state index >= 15 is 0 Å². The van der Waals surface area contributed by atoms with Crippen molar-refractivity contribution in [1.29, 1.82) is 0 Å². The lowest BCUT2D eigenvalue weighted by Crippen LogP contribution is -2.64. The van der Waals surface area contributed by atoms with E-state index < -0.39 is 40.7 Å². The van der Waals surface area contributed by atoms with Gasteiger partial charge in [-0.05, 0) is 5.92 Å². The van der Waals surface area contributed by atoms with Gasteiger partial charge in [0.05, 0.1) is 24.5 Å². The van der Waals surface area contributed by atoms with Gasteiger partial charge in [0.25, 0.3) is 0 Å². The quantitative estimate of drug-likeness (QED) is 0.525. The highest BCUT2D eigenvalue weighted by Crippen LogP contribution is 2.36. The molecule has 0 aromatic rings. The summed E-state index contributed by atoms with van der Waals surface area (Å²) in [5, 5.41) is 31.0. The van der Waals surface area contributed by atoms with E-state index in [4.69, 9.17) is 5.11 Å². The zero-order valence-electron chi connectivity index (χ0n) is 12.2. The van der Waals surface area contributed by atoms with Crippen LogP contribution in [0.4, 0.5) is 0 Å². The molecule has 1 heterocycles. The van der Waals surface area contributed by atoms with Gasteiger partial charge in [0.15, 0.2) is 5.54 Å². The molecule has 1 saturated heterocycles. The minimum absolute atomic E-state index is 0.0116. The fourth-order valence-corrected chi connectivity index (χ4v) is 3.34. The van der Waals surface area contributed by atoms with Crippen LogP contribution in [0.5, 0.6) is 0 Å². The van der Waals surface area contributed by atoms with E-state index in [1.54, 1.807) is 13.8 Å². The molecule has 4 atom stereocenters. The van der Waals surface area contributed by atoms with Gasteiger partial charge in [-0.3, -0.25) is 14.4 Å². The Morgan fingerprint density at radius 3 is 2.38 bits per heavy atom. The molecule has 1 rings (SSSR count). The number of aliphatic hydroxyl groups is 2. The molecule has 0 aliphatic carbocycles. The predicted molar refractivity (Wildman–Crippen MR) is 76.6 cm³/mol. The molecular weight excluding hydrogens is 298 g/mol. The lowest BCUT2D eigenvalue weighted by molar-refractivity contribution is -0.136. The van der Waals surface area contributed by atoms with Crippen molar-refractivity contribution in [2.45, 2.75) is 44.9 Å². The van der Waals surface area contributed by atoms with Crippen molar-refractivity contribution in [3.05, 3.63) is 0 Å². The zero-order valence-corrected chi connectivity index (χ0v) is 13.0. The smallest absolute Gasteiger partial charge is 0.304 e. The third-order valence-corrected chi connectivity index (χ3v) is 4.68. The van der Waals surface area contributed by atoms with Gasteiger partial charge >= 0.3 is 5.97 Å². The lowest BCUT2D eigenvalue weighted by atomic mass is 9.81. The molecule has 0 bridgehead atoms. The second-order valence-electron chi connectivity index (χ2n) is 5.56. The first-order valence-corrected chi connectivity index (χ1v) is 7.70. The maximum atomic E-state index is 12.4. The van der Waals surface area contributed by atoms with Crippen molar-refractivity contribution in [2.75, 3.05) is 5.75 Å². The number of thioether (sulfide) groups is 1. The number of carbonyl (C=O) groups excluding carboxylic acids is 2.